The van der Waals surface area contributed by atoms with Gasteiger partial charge in [0.25, 0.3) is 0 Å². The van der Waals surface area contributed by atoms with Crippen LogP contribution in [0.25, 0.3) is 0 Å². The van der Waals surface area contributed by atoms with Gasteiger partial charge in [-0.25, -0.2) is 0 Å². The van der Waals surface area contributed by atoms with Gasteiger partial charge in [-0.2, -0.15) is 0 Å². The Hall–Kier alpha value is -0.861. The quantitative estimate of drug-likeness (QED) is 0.333. The molecule has 4 nitrogen and oxygen atoms in total. The number of hydrogen-bond donors (Lipinski definition) is 1. The normalized spacial score (nSPS) is 22.4. The van der Waals surface area contributed by atoms with Gasteiger partial charge in [-0.05, 0) is 0 Å². The van der Waals surface area contributed by atoms with E-state index < -0.39 is 27.3 Å². The van der Waals surface area contributed by atoms with Crippen molar-refractivity contribution in [3.05, 3.63) is 48.5 Å². The molecule has 0 spiro atoms. The van der Waals surface area contributed by atoms with E-state index in [0.717, 1.165) is 5.69 Å². The van der Waals surface area contributed by atoms with Crippen molar-refractivity contribution in [1.29, 1.82) is 0 Å². The molecular weight excluding hydrogens is 531 g/mol. The molecule has 0 saturated heterocycles. The van der Waals surface area contributed by atoms with Crippen LogP contribution in [0.15, 0.2) is 58.3 Å². The van der Waals surface area contributed by atoms with E-state index >= 15 is 0 Å². The molecule has 0 atom stereocenters. The Morgan fingerprint density at radius 1 is 0.806 bits per heavy atom. The van der Waals surface area contributed by atoms with Crippen LogP contribution in [0.1, 0.15) is 64.2 Å². The van der Waals surface area contributed by atoms with E-state index in [1.807, 2.05) is 27.1 Å². The zero-order valence-corrected chi connectivity index (χ0v) is 22.5. The number of hydrogen-bond acceptors (Lipinski definition) is 4. The minimum absolute atomic E-state index is 0.292. The number of sulfonamides is 1. The molecule has 7 heteroatoms. The van der Waals surface area contributed by atoms with Crippen LogP contribution < -0.4 is 8.26 Å². The average molecular weight is 563 g/mol. The van der Waals surface area contributed by atoms with E-state index in [1.165, 1.54) is 69.1 Å². The van der Waals surface area contributed by atoms with Crippen molar-refractivity contribution in [2.24, 2.45) is 0 Å². The van der Waals surface area contributed by atoms with Gasteiger partial charge < -0.3 is 0 Å². The molecule has 0 unspecified atom stereocenters. The second kappa shape index (κ2) is 8.82. The van der Waals surface area contributed by atoms with Gasteiger partial charge in [0.05, 0.1) is 0 Å². The van der Waals surface area contributed by atoms with Gasteiger partial charge in [0, 0.05) is 0 Å². The molecule has 2 aromatic carbocycles. The minimum atomic E-state index is -3.71. The molecule has 166 valence electrons. The van der Waals surface area contributed by atoms with Crippen molar-refractivity contribution in [2.75, 3.05) is 8.26 Å². The fraction of sp³-hybridized carbons (Fsp3) is 0.500. The van der Waals surface area contributed by atoms with E-state index in [2.05, 4.69) is 14.7 Å². The van der Waals surface area contributed by atoms with Crippen LogP contribution >= 0.6 is 8.95 Å². The summed E-state index contributed by atoms with van der Waals surface area (Å²) in [7, 11) is -1.66. The van der Waals surface area contributed by atoms with Gasteiger partial charge in [-0.15, -0.1) is 0 Å². The van der Waals surface area contributed by atoms with Gasteiger partial charge in [0.1, 0.15) is 0 Å². The van der Waals surface area contributed by atoms with Crippen LogP contribution in [0.4, 0.5) is 11.4 Å². The molecule has 1 heterocycles. The third kappa shape index (κ3) is 3.70. The molecule has 2 aromatic rings. The van der Waals surface area contributed by atoms with Gasteiger partial charge in [-0.3, -0.25) is 0 Å². The van der Waals surface area contributed by atoms with Crippen molar-refractivity contribution >= 4 is 47.6 Å². The zero-order chi connectivity index (χ0) is 21.5. The molecule has 31 heavy (non-hydrogen) atoms. The number of rotatable bonds is 4. The fourth-order valence-electron chi connectivity index (χ4n) is 6.11. The predicted octanol–water partition coefficient (Wildman–Crippen LogP) is 6.68. The Kier molecular flexibility index (Phi) is 6.25. The molecule has 0 aromatic heterocycles. The number of anilines is 2. The van der Waals surface area contributed by atoms with E-state index in [4.69, 9.17) is 5.73 Å². The molecule has 0 bridgehead atoms. The van der Waals surface area contributed by atoms with Crippen LogP contribution in [-0.2, 0) is 10.0 Å². The topological polar surface area (TPSA) is 63.4 Å². The van der Waals surface area contributed by atoms with Crippen molar-refractivity contribution in [3.8, 4) is 0 Å². The Labute approximate surface area is 193 Å². The molecule has 0 amide bonds. The zero-order valence-electron chi connectivity index (χ0n) is 18.0. The first-order valence-electron chi connectivity index (χ1n) is 11.7. The summed E-state index contributed by atoms with van der Waals surface area (Å²) < 4.78 is 32.0. The summed E-state index contributed by atoms with van der Waals surface area (Å²) in [6.45, 7) is 0. The Balaban J connectivity index is 1.73. The van der Waals surface area contributed by atoms with E-state index in [1.54, 1.807) is 18.2 Å². The Morgan fingerprint density at radius 2 is 1.35 bits per heavy atom. The number of nitrogens with zero attached hydrogens (tertiary/aromatic N) is 1. The SMILES string of the molecule is Nc1ccccc1S(=O)(=O)[N]1c2ccccc2[S][Sn]1([CH]1CCCCC1)[CH]1CCCCC1. The Bertz CT molecular complexity index is 1030. The van der Waals surface area contributed by atoms with Crippen LogP contribution in [-0.4, -0.2) is 25.7 Å². The van der Waals surface area contributed by atoms with Gasteiger partial charge in [-0.1, -0.05) is 0 Å². The summed E-state index contributed by atoms with van der Waals surface area (Å²) in [6.07, 6.45) is 12.4. The second-order valence-corrected chi connectivity index (χ2v) is 29.0. The second-order valence-electron chi connectivity index (χ2n) is 9.30. The van der Waals surface area contributed by atoms with Crippen molar-refractivity contribution in [2.45, 2.75) is 81.9 Å². The third-order valence-corrected chi connectivity index (χ3v) is 37.7. The molecule has 3 aliphatic rings. The molecule has 2 N–H and O–H groups in total. The molecule has 2 fully saturated rings. The van der Waals surface area contributed by atoms with Gasteiger partial charge >= 0.3 is 195 Å². The van der Waals surface area contributed by atoms with E-state index in [-0.39, 0.29) is 0 Å². The molecular formula is C24H32N2O2S2Sn. The summed E-state index contributed by atoms with van der Waals surface area (Å²) >= 11 is -3.55. The van der Waals surface area contributed by atoms with Crippen LogP contribution in [0.5, 0.6) is 0 Å². The van der Waals surface area contributed by atoms with Crippen molar-refractivity contribution < 1.29 is 8.42 Å². The summed E-state index contributed by atoms with van der Waals surface area (Å²) in [5, 5.41) is 0. The maximum absolute atomic E-state index is 14.4. The molecule has 1 aliphatic heterocycles. The summed E-state index contributed by atoms with van der Waals surface area (Å²) in [5.74, 6) is 0. The molecule has 2 saturated carbocycles. The number of para-hydroxylation sites is 2. The number of nitrogen functional groups attached to an aromatic ring is 1. The van der Waals surface area contributed by atoms with Crippen LogP contribution in [0.2, 0.25) is 7.87 Å². The average Bonchev–Trinajstić information content (AvgIpc) is 3.17. The molecule has 0 radical (unpaired) electrons. The molecule has 2 aliphatic carbocycles. The predicted molar refractivity (Wildman–Crippen MR) is 132 cm³/mol. The standard InChI is InChI=1S/C12H11N2O2S2.2C6H11.Sn/c13-9-5-1-4-8-12(9)18(15,16)14-10-6-2-3-7-11(10)17;2*1-2-4-6-5-3-1;/h1-8,17H,13H2;2*1H,2-6H2;/q-1;;;+2/p-1. The summed E-state index contributed by atoms with van der Waals surface area (Å²) in [4.78, 5) is 1.48. The number of fused-ring (bicyclic) bond motifs is 1. The third-order valence-electron chi connectivity index (χ3n) is 7.49. The monoisotopic (exact) mass is 564 g/mol. The first-order chi connectivity index (χ1) is 15.0. The fourth-order valence-corrected chi connectivity index (χ4v) is 42.3. The number of nitrogens with two attached hydrogens (primary N) is 1. The van der Waals surface area contributed by atoms with Crippen LogP contribution in [0, 0.1) is 0 Å². The Morgan fingerprint density at radius 3 is 1.97 bits per heavy atom. The van der Waals surface area contributed by atoms with Gasteiger partial charge in [0.2, 0.25) is 0 Å². The number of benzene rings is 2. The first-order valence-corrected chi connectivity index (χ1v) is 22.1. The maximum atomic E-state index is 14.4. The van der Waals surface area contributed by atoms with Crippen molar-refractivity contribution in [1.82, 2.24) is 0 Å². The first kappa shape index (κ1) is 22.0. The van der Waals surface area contributed by atoms with Crippen molar-refractivity contribution in [3.63, 3.8) is 0 Å². The van der Waals surface area contributed by atoms with E-state index in [9.17, 15) is 8.42 Å². The van der Waals surface area contributed by atoms with E-state index in [0.29, 0.717) is 18.5 Å². The van der Waals surface area contributed by atoms with Gasteiger partial charge in [0.15, 0.2) is 0 Å². The summed E-state index contributed by atoms with van der Waals surface area (Å²) in [6, 6.07) is 15.3. The van der Waals surface area contributed by atoms with Crippen LogP contribution in [0.3, 0.4) is 0 Å². The molecule has 5 rings (SSSR count). The summed E-state index contributed by atoms with van der Waals surface area (Å²) in [5.41, 5.74) is 7.55.